The van der Waals surface area contributed by atoms with Gasteiger partial charge in [-0.3, -0.25) is 9.10 Å². The van der Waals surface area contributed by atoms with Crippen LogP contribution in [0.2, 0.25) is 0 Å². The van der Waals surface area contributed by atoms with Crippen molar-refractivity contribution < 1.29 is 22.0 Å². The first-order valence-corrected chi connectivity index (χ1v) is 10.2. The van der Waals surface area contributed by atoms with E-state index in [1.165, 1.54) is 6.07 Å². The zero-order chi connectivity index (χ0) is 20.4. The molecule has 5 nitrogen and oxygen atoms in total. The van der Waals surface area contributed by atoms with Crippen molar-refractivity contribution in [1.82, 2.24) is 0 Å². The van der Waals surface area contributed by atoms with Gasteiger partial charge in [0.15, 0.2) is 11.6 Å². The summed E-state index contributed by atoms with van der Waals surface area (Å²) in [5.74, 6) is -2.77. The number of hydrogen-bond acceptors (Lipinski definition) is 3. The van der Waals surface area contributed by atoms with Crippen molar-refractivity contribution >= 4 is 27.3 Å². The maximum atomic E-state index is 13.4. The second-order valence-electron chi connectivity index (χ2n) is 6.39. The number of halogens is 2. The lowest BCUT2D eigenvalue weighted by atomic mass is 10.1. The molecule has 0 bridgehead atoms. The SMILES string of the molecule is CC[C@H](C(=O)Nc1ccc(F)c(F)c1)N(c1cc(C)ccc1C)S(C)(=O)=O. The average molecular weight is 396 g/mol. The Hall–Kier alpha value is -2.48. The van der Waals surface area contributed by atoms with Crippen LogP contribution >= 0.6 is 0 Å². The Balaban J connectivity index is 2.44. The quantitative estimate of drug-likeness (QED) is 0.808. The highest BCUT2D eigenvalue weighted by Gasteiger charge is 2.32. The van der Waals surface area contributed by atoms with E-state index in [2.05, 4.69) is 5.32 Å². The maximum Gasteiger partial charge on any atom is 0.248 e. The topological polar surface area (TPSA) is 66.5 Å². The number of carbonyl (C=O) groups excluding carboxylic acids is 1. The minimum atomic E-state index is -3.78. The summed E-state index contributed by atoms with van der Waals surface area (Å²) < 4.78 is 52.5. The second kappa shape index (κ2) is 8.04. The Bertz CT molecular complexity index is 961. The fraction of sp³-hybridized carbons (Fsp3) is 0.316. The van der Waals surface area contributed by atoms with Crippen LogP contribution in [0.5, 0.6) is 0 Å². The van der Waals surface area contributed by atoms with Crippen LogP contribution < -0.4 is 9.62 Å². The van der Waals surface area contributed by atoms with Crippen molar-refractivity contribution in [2.75, 3.05) is 15.9 Å². The number of nitrogens with one attached hydrogen (secondary N) is 1. The van der Waals surface area contributed by atoms with Crippen LogP contribution in [0.25, 0.3) is 0 Å². The standard InChI is InChI=1S/C19H22F2N2O3S/c1-5-17(19(24)22-14-8-9-15(20)16(21)11-14)23(27(4,25)26)18-10-12(2)6-7-13(18)3/h6-11,17H,5H2,1-4H3,(H,22,24)/t17-/m1/s1. The molecule has 1 N–H and O–H groups in total. The van der Waals surface area contributed by atoms with E-state index in [-0.39, 0.29) is 12.1 Å². The first-order valence-electron chi connectivity index (χ1n) is 8.37. The number of aryl methyl sites for hydroxylation is 2. The second-order valence-corrected chi connectivity index (χ2v) is 8.25. The van der Waals surface area contributed by atoms with Crippen molar-refractivity contribution in [3.63, 3.8) is 0 Å². The molecule has 27 heavy (non-hydrogen) atoms. The number of rotatable bonds is 6. The molecule has 2 aromatic carbocycles. The van der Waals surface area contributed by atoms with Gasteiger partial charge in [-0.2, -0.15) is 0 Å². The smallest absolute Gasteiger partial charge is 0.248 e. The molecule has 2 aromatic rings. The molecule has 2 rings (SSSR count). The van der Waals surface area contributed by atoms with E-state index in [4.69, 9.17) is 0 Å². The number of hydrogen-bond donors (Lipinski definition) is 1. The molecular weight excluding hydrogens is 374 g/mol. The molecule has 1 atom stereocenters. The van der Waals surface area contributed by atoms with Crippen molar-refractivity contribution in [2.24, 2.45) is 0 Å². The Morgan fingerprint density at radius 3 is 2.33 bits per heavy atom. The summed E-state index contributed by atoms with van der Waals surface area (Å²) in [6.07, 6.45) is 1.22. The Labute approximate surface area is 158 Å². The van der Waals surface area contributed by atoms with Crippen LogP contribution in [0, 0.1) is 25.5 Å². The first-order chi connectivity index (χ1) is 12.5. The predicted molar refractivity (Wildman–Crippen MR) is 102 cm³/mol. The van der Waals surface area contributed by atoms with Gasteiger partial charge in [0.05, 0.1) is 11.9 Å². The van der Waals surface area contributed by atoms with Crippen LogP contribution in [0.4, 0.5) is 20.2 Å². The Morgan fingerprint density at radius 2 is 1.78 bits per heavy atom. The molecule has 8 heteroatoms. The highest BCUT2D eigenvalue weighted by Crippen LogP contribution is 2.28. The number of nitrogens with zero attached hydrogens (tertiary/aromatic N) is 1. The third-order valence-corrected chi connectivity index (χ3v) is 5.28. The van der Waals surface area contributed by atoms with Gasteiger partial charge in [-0.15, -0.1) is 0 Å². The van der Waals surface area contributed by atoms with E-state index >= 15 is 0 Å². The summed E-state index contributed by atoms with van der Waals surface area (Å²) in [6.45, 7) is 5.26. The third kappa shape index (κ3) is 4.82. The Kier molecular flexibility index (Phi) is 6.20. The van der Waals surface area contributed by atoms with Crippen molar-refractivity contribution in [2.45, 2.75) is 33.2 Å². The number of carbonyl (C=O) groups is 1. The average Bonchev–Trinajstić information content (AvgIpc) is 2.57. The molecule has 0 radical (unpaired) electrons. The molecule has 0 aliphatic rings. The minimum absolute atomic E-state index is 0.0479. The number of amides is 1. The third-order valence-electron chi connectivity index (χ3n) is 4.12. The summed E-state index contributed by atoms with van der Waals surface area (Å²) in [5, 5.41) is 2.47. The van der Waals surface area contributed by atoms with E-state index in [1.54, 1.807) is 26.0 Å². The highest BCUT2D eigenvalue weighted by molar-refractivity contribution is 7.92. The first kappa shape index (κ1) is 20.8. The van der Waals surface area contributed by atoms with Gasteiger partial charge in [-0.25, -0.2) is 17.2 Å². The van der Waals surface area contributed by atoms with E-state index in [9.17, 15) is 22.0 Å². The molecule has 0 saturated heterocycles. The van der Waals surface area contributed by atoms with Gasteiger partial charge in [0.1, 0.15) is 6.04 Å². The lowest BCUT2D eigenvalue weighted by Crippen LogP contribution is -2.47. The molecule has 146 valence electrons. The predicted octanol–water partition coefficient (Wildman–Crippen LogP) is 3.76. The summed E-state index contributed by atoms with van der Waals surface area (Å²) in [5.41, 5.74) is 2.00. The molecular formula is C19H22F2N2O3S. The monoisotopic (exact) mass is 396 g/mol. The summed E-state index contributed by atoms with van der Waals surface area (Å²) in [7, 11) is -3.78. The fourth-order valence-electron chi connectivity index (χ4n) is 2.79. The summed E-state index contributed by atoms with van der Waals surface area (Å²) in [4.78, 5) is 12.8. The van der Waals surface area contributed by atoms with Gasteiger partial charge in [-0.1, -0.05) is 19.1 Å². The van der Waals surface area contributed by atoms with Gasteiger partial charge >= 0.3 is 0 Å². The highest BCUT2D eigenvalue weighted by atomic mass is 32.2. The number of benzene rings is 2. The van der Waals surface area contributed by atoms with Crippen molar-refractivity contribution in [1.29, 1.82) is 0 Å². The van der Waals surface area contributed by atoms with Gasteiger partial charge in [-0.05, 0) is 49.6 Å². The van der Waals surface area contributed by atoms with Gasteiger partial charge in [0, 0.05) is 11.8 Å². The maximum absolute atomic E-state index is 13.4. The van der Waals surface area contributed by atoms with Crippen LogP contribution in [0.1, 0.15) is 24.5 Å². The molecule has 0 aliphatic heterocycles. The lowest BCUT2D eigenvalue weighted by molar-refractivity contribution is -0.117. The van der Waals surface area contributed by atoms with Crippen LogP contribution in [-0.2, 0) is 14.8 Å². The van der Waals surface area contributed by atoms with Crippen LogP contribution in [0.15, 0.2) is 36.4 Å². The minimum Gasteiger partial charge on any atom is -0.324 e. The van der Waals surface area contributed by atoms with Crippen LogP contribution in [-0.4, -0.2) is 26.6 Å². The van der Waals surface area contributed by atoms with Gasteiger partial charge < -0.3 is 5.32 Å². The largest absolute Gasteiger partial charge is 0.324 e. The Morgan fingerprint density at radius 1 is 1.11 bits per heavy atom. The molecule has 0 aromatic heterocycles. The van der Waals surface area contributed by atoms with Gasteiger partial charge in [0.25, 0.3) is 0 Å². The van der Waals surface area contributed by atoms with E-state index < -0.39 is 33.6 Å². The summed E-state index contributed by atoms with van der Waals surface area (Å²) >= 11 is 0. The van der Waals surface area contributed by atoms with Crippen molar-refractivity contribution in [3.8, 4) is 0 Å². The lowest BCUT2D eigenvalue weighted by Gasteiger charge is -2.31. The normalized spacial score (nSPS) is 12.5. The van der Waals surface area contributed by atoms with Gasteiger partial charge in [0.2, 0.25) is 15.9 Å². The van der Waals surface area contributed by atoms with E-state index in [0.717, 1.165) is 28.3 Å². The van der Waals surface area contributed by atoms with Crippen molar-refractivity contribution in [3.05, 3.63) is 59.2 Å². The molecule has 1 amide bonds. The summed E-state index contributed by atoms with van der Waals surface area (Å²) in [6, 6.07) is 7.24. The zero-order valence-electron chi connectivity index (χ0n) is 15.6. The number of sulfonamides is 1. The molecule has 0 saturated carbocycles. The molecule has 0 fully saturated rings. The van der Waals surface area contributed by atoms with Crippen LogP contribution in [0.3, 0.4) is 0 Å². The molecule has 0 aliphatic carbocycles. The van der Waals surface area contributed by atoms with E-state index in [0.29, 0.717) is 11.3 Å². The number of anilines is 2. The fourth-order valence-corrected chi connectivity index (χ4v) is 4.05. The molecule has 0 heterocycles. The molecule has 0 unspecified atom stereocenters. The van der Waals surface area contributed by atoms with E-state index in [1.807, 2.05) is 13.0 Å². The zero-order valence-corrected chi connectivity index (χ0v) is 16.4. The molecule has 0 spiro atoms.